The first-order valence-electron chi connectivity index (χ1n) is 5.47. The fourth-order valence-corrected chi connectivity index (χ4v) is 1.57. The largest absolute Gasteiger partial charge is 0.498 e. The van der Waals surface area contributed by atoms with Crippen molar-refractivity contribution < 1.29 is 14.3 Å². The topological polar surface area (TPSA) is 35.5 Å². The summed E-state index contributed by atoms with van der Waals surface area (Å²) in [6, 6.07) is 0. The maximum Gasteiger partial charge on any atom is 0.331 e. The highest BCUT2D eigenvalue weighted by molar-refractivity contribution is 5.83. The lowest BCUT2D eigenvalue weighted by atomic mass is 10.0. The first-order chi connectivity index (χ1) is 7.26. The van der Waals surface area contributed by atoms with Gasteiger partial charge in [-0.3, -0.25) is 0 Å². The first-order valence-corrected chi connectivity index (χ1v) is 5.47. The van der Waals surface area contributed by atoms with Crippen LogP contribution in [0.15, 0.2) is 23.5 Å². The number of hydrogen-bond acceptors (Lipinski definition) is 3. The number of allylic oxidation sites excluding steroid dienone is 3. The summed E-state index contributed by atoms with van der Waals surface area (Å²) in [7, 11) is 0. The number of ether oxygens (including phenoxy) is 2. The highest BCUT2D eigenvalue weighted by Crippen LogP contribution is 2.22. The van der Waals surface area contributed by atoms with Gasteiger partial charge >= 0.3 is 5.97 Å². The fourth-order valence-electron chi connectivity index (χ4n) is 1.57. The van der Waals surface area contributed by atoms with Crippen LogP contribution in [0.2, 0.25) is 0 Å². The van der Waals surface area contributed by atoms with Gasteiger partial charge in [0, 0.05) is 12.5 Å². The molecule has 0 spiro atoms. The standard InChI is InChI=1S/C12H18O3/c1-3-14-11-7-5-6-10(8-11)9-12(13)15-4-2/h8-9H,3-7H2,1-2H3/b10-9+. The lowest BCUT2D eigenvalue weighted by Crippen LogP contribution is -2.04. The summed E-state index contributed by atoms with van der Waals surface area (Å²) in [5.74, 6) is 0.709. The van der Waals surface area contributed by atoms with Crippen molar-refractivity contribution in [3.05, 3.63) is 23.5 Å². The lowest BCUT2D eigenvalue weighted by molar-refractivity contribution is -0.137. The van der Waals surface area contributed by atoms with Gasteiger partial charge in [-0.05, 0) is 38.3 Å². The second-order valence-electron chi connectivity index (χ2n) is 3.37. The average Bonchev–Trinajstić information content (AvgIpc) is 2.19. The van der Waals surface area contributed by atoms with E-state index in [1.165, 1.54) is 0 Å². The third-order valence-electron chi connectivity index (χ3n) is 2.15. The molecule has 0 aromatic rings. The second-order valence-corrected chi connectivity index (χ2v) is 3.37. The van der Waals surface area contributed by atoms with Crippen molar-refractivity contribution in [2.45, 2.75) is 33.1 Å². The molecule has 3 nitrogen and oxygen atoms in total. The van der Waals surface area contributed by atoms with Crippen LogP contribution in [0, 0.1) is 0 Å². The maximum atomic E-state index is 11.2. The molecule has 0 aliphatic heterocycles. The van der Waals surface area contributed by atoms with Gasteiger partial charge in [0.1, 0.15) is 0 Å². The fraction of sp³-hybridized carbons (Fsp3) is 0.583. The minimum Gasteiger partial charge on any atom is -0.498 e. The molecule has 0 heterocycles. The molecule has 0 radical (unpaired) electrons. The predicted molar refractivity (Wildman–Crippen MR) is 58.3 cm³/mol. The van der Waals surface area contributed by atoms with Crippen molar-refractivity contribution in [1.29, 1.82) is 0 Å². The van der Waals surface area contributed by atoms with E-state index < -0.39 is 0 Å². The normalized spacial score (nSPS) is 18.5. The number of esters is 1. The summed E-state index contributed by atoms with van der Waals surface area (Å²) in [6.45, 7) is 4.87. The number of hydrogen-bond donors (Lipinski definition) is 0. The van der Waals surface area contributed by atoms with Gasteiger partial charge in [0.2, 0.25) is 0 Å². The maximum absolute atomic E-state index is 11.2. The summed E-state index contributed by atoms with van der Waals surface area (Å²) in [4.78, 5) is 11.2. The SMILES string of the molecule is CCOC(=O)/C=C1/C=C(OCC)CCC1. The molecule has 0 saturated heterocycles. The van der Waals surface area contributed by atoms with Gasteiger partial charge in [-0.1, -0.05) is 0 Å². The van der Waals surface area contributed by atoms with E-state index in [1.807, 2.05) is 13.0 Å². The highest BCUT2D eigenvalue weighted by atomic mass is 16.5. The van der Waals surface area contributed by atoms with Gasteiger partial charge in [-0.15, -0.1) is 0 Å². The van der Waals surface area contributed by atoms with Gasteiger partial charge < -0.3 is 9.47 Å². The summed E-state index contributed by atoms with van der Waals surface area (Å²) < 4.78 is 10.3. The van der Waals surface area contributed by atoms with E-state index in [1.54, 1.807) is 13.0 Å². The Hall–Kier alpha value is -1.25. The van der Waals surface area contributed by atoms with Crippen LogP contribution in [0.4, 0.5) is 0 Å². The molecular formula is C12H18O3. The summed E-state index contributed by atoms with van der Waals surface area (Å²) in [5, 5.41) is 0. The third-order valence-corrected chi connectivity index (χ3v) is 2.15. The zero-order valence-electron chi connectivity index (χ0n) is 9.41. The van der Waals surface area contributed by atoms with Crippen LogP contribution in [0.5, 0.6) is 0 Å². The smallest absolute Gasteiger partial charge is 0.331 e. The van der Waals surface area contributed by atoms with Crippen molar-refractivity contribution in [3.63, 3.8) is 0 Å². The Morgan fingerprint density at radius 2 is 2.20 bits per heavy atom. The number of rotatable bonds is 4. The van der Waals surface area contributed by atoms with Gasteiger partial charge in [0.05, 0.1) is 19.0 Å². The van der Waals surface area contributed by atoms with Crippen LogP contribution in [0.25, 0.3) is 0 Å². The summed E-state index contributed by atoms with van der Waals surface area (Å²) >= 11 is 0. The van der Waals surface area contributed by atoms with Crippen molar-refractivity contribution in [2.24, 2.45) is 0 Å². The van der Waals surface area contributed by atoms with Gasteiger partial charge in [-0.2, -0.15) is 0 Å². The molecule has 0 amide bonds. The van der Waals surface area contributed by atoms with Crippen LogP contribution in [-0.2, 0) is 14.3 Å². The Kier molecular flexibility index (Phi) is 4.95. The first kappa shape index (κ1) is 11.8. The van der Waals surface area contributed by atoms with E-state index in [2.05, 4.69) is 0 Å². The Morgan fingerprint density at radius 1 is 1.40 bits per heavy atom. The van der Waals surface area contributed by atoms with Crippen LogP contribution in [0.1, 0.15) is 33.1 Å². The third kappa shape index (κ3) is 4.19. The molecular weight excluding hydrogens is 192 g/mol. The lowest BCUT2D eigenvalue weighted by Gasteiger charge is -2.15. The molecule has 15 heavy (non-hydrogen) atoms. The van der Waals surface area contributed by atoms with Crippen LogP contribution < -0.4 is 0 Å². The van der Waals surface area contributed by atoms with E-state index in [0.29, 0.717) is 13.2 Å². The molecule has 0 unspecified atom stereocenters. The van der Waals surface area contributed by atoms with E-state index in [9.17, 15) is 4.79 Å². The summed E-state index contributed by atoms with van der Waals surface area (Å²) in [5.41, 5.74) is 1.00. The Labute approximate surface area is 90.8 Å². The summed E-state index contributed by atoms with van der Waals surface area (Å²) in [6.07, 6.45) is 6.44. The molecule has 1 aliphatic rings. The van der Waals surface area contributed by atoms with E-state index in [4.69, 9.17) is 9.47 Å². The zero-order valence-corrected chi connectivity index (χ0v) is 9.41. The van der Waals surface area contributed by atoms with Gasteiger partial charge in [0.25, 0.3) is 0 Å². The molecule has 0 bridgehead atoms. The molecule has 1 aliphatic carbocycles. The molecule has 0 atom stereocenters. The molecule has 0 N–H and O–H groups in total. The van der Waals surface area contributed by atoms with Crippen LogP contribution >= 0.6 is 0 Å². The van der Waals surface area contributed by atoms with Gasteiger partial charge in [0.15, 0.2) is 0 Å². The monoisotopic (exact) mass is 210 g/mol. The van der Waals surface area contributed by atoms with E-state index in [0.717, 1.165) is 30.6 Å². The molecule has 0 fully saturated rings. The Bertz CT molecular complexity index is 277. The predicted octanol–water partition coefficient (Wildman–Crippen LogP) is 2.58. The molecule has 1 rings (SSSR count). The van der Waals surface area contributed by atoms with Crippen LogP contribution in [-0.4, -0.2) is 19.2 Å². The zero-order chi connectivity index (χ0) is 11.1. The molecule has 0 aromatic carbocycles. The average molecular weight is 210 g/mol. The van der Waals surface area contributed by atoms with Gasteiger partial charge in [-0.25, -0.2) is 4.79 Å². The molecule has 0 saturated carbocycles. The Balaban J connectivity index is 2.61. The van der Waals surface area contributed by atoms with Crippen molar-refractivity contribution >= 4 is 5.97 Å². The van der Waals surface area contributed by atoms with E-state index >= 15 is 0 Å². The number of carbonyl (C=O) groups excluding carboxylic acids is 1. The van der Waals surface area contributed by atoms with Crippen molar-refractivity contribution in [2.75, 3.05) is 13.2 Å². The minimum atomic E-state index is -0.263. The van der Waals surface area contributed by atoms with Crippen molar-refractivity contribution in [1.82, 2.24) is 0 Å². The van der Waals surface area contributed by atoms with Crippen molar-refractivity contribution in [3.8, 4) is 0 Å². The molecule has 3 heteroatoms. The second kappa shape index (κ2) is 6.27. The highest BCUT2D eigenvalue weighted by Gasteiger charge is 2.09. The molecule has 0 aromatic heterocycles. The van der Waals surface area contributed by atoms with E-state index in [-0.39, 0.29) is 5.97 Å². The molecule has 84 valence electrons. The quantitative estimate of drug-likeness (QED) is 0.528. The minimum absolute atomic E-state index is 0.263. The number of carbonyl (C=O) groups is 1. The Morgan fingerprint density at radius 3 is 2.87 bits per heavy atom. The van der Waals surface area contributed by atoms with Crippen LogP contribution in [0.3, 0.4) is 0 Å².